The van der Waals surface area contributed by atoms with Gasteiger partial charge in [-0.05, 0) is 95.6 Å². The van der Waals surface area contributed by atoms with Gasteiger partial charge in [0.25, 0.3) is 0 Å². The van der Waals surface area contributed by atoms with Crippen molar-refractivity contribution in [1.29, 1.82) is 10.5 Å². The molecule has 142 valence electrons. The molecule has 6 nitrogen and oxygen atoms in total. The summed E-state index contributed by atoms with van der Waals surface area (Å²) in [4.78, 5) is 8.93. The van der Waals surface area contributed by atoms with Gasteiger partial charge in [-0.25, -0.2) is 4.98 Å². The van der Waals surface area contributed by atoms with E-state index in [2.05, 4.69) is 49.3 Å². The number of nitrogens with one attached hydrogen (secondary N) is 2. The molecule has 3 aromatic rings. The fourth-order valence-electron chi connectivity index (χ4n) is 2.81. The van der Waals surface area contributed by atoms with E-state index in [1.165, 1.54) is 6.08 Å². The van der Waals surface area contributed by atoms with Gasteiger partial charge in [0.1, 0.15) is 5.82 Å². The van der Waals surface area contributed by atoms with Gasteiger partial charge in [0, 0.05) is 23.6 Å². The number of hydrogen-bond donors (Lipinski definition) is 2. The summed E-state index contributed by atoms with van der Waals surface area (Å²) < 4.78 is 0.889. The van der Waals surface area contributed by atoms with Crippen molar-refractivity contribution < 1.29 is 0 Å². The molecule has 0 unspecified atom stereocenters. The predicted molar refractivity (Wildman–Crippen MR) is 123 cm³/mol. The molecule has 3 rings (SSSR count). The third kappa shape index (κ3) is 5.09. The minimum Gasteiger partial charge on any atom is -0.339 e. The minimum atomic E-state index is 0.460. The lowest BCUT2D eigenvalue weighted by Crippen LogP contribution is -2.05. The Morgan fingerprint density at radius 1 is 1.03 bits per heavy atom. The highest BCUT2D eigenvalue weighted by atomic mass is 127. The summed E-state index contributed by atoms with van der Waals surface area (Å²) in [7, 11) is 0. The highest BCUT2D eigenvalue weighted by Crippen LogP contribution is 2.28. The molecule has 1 aromatic heterocycles. The fraction of sp³-hybridized carbons (Fsp3) is 0.0909. The zero-order valence-electron chi connectivity index (χ0n) is 15.9. The molecule has 0 aliphatic heterocycles. The van der Waals surface area contributed by atoms with Crippen LogP contribution in [0.2, 0.25) is 0 Å². The fourth-order valence-corrected chi connectivity index (χ4v) is 3.21. The van der Waals surface area contributed by atoms with Gasteiger partial charge >= 0.3 is 0 Å². The lowest BCUT2D eigenvalue weighted by molar-refractivity contribution is 1.15. The number of hydrogen-bond acceptors (Lipinski definition) is 6. The van der Waals surface area contributed by atoms with Crippen molar-refractivity contribution in [3.8, 4) is 12.1 Å². The lowest BCUT2D eigenvalue weighted by Gasteiger charge is -2.15. The summed E-state index contributed by atoms with van der Waals surface area (Å²) in [6.07, 6.45) is 5.00. The Hall–Kier alpha value is -3.43. The second kappa shape index (κ2) is 9.18. The monoisotopic (exact) mass is 492 g/mol. The van der Waals surface area contributed by atoms with Gasteiger partial charge < -0.3 is 10.6 Å². The maximum absolute atomic E-state index is 8.91. The van der Waals surface area contributed by atoms with Crippen molar-refractivity contribution in [2.45, 2.75) is 13.8 Å². The van der Waals surface area contributed by atoms with Crippen LogP contribution in [0.4, 0.5) is 23.1 Å². The molecule has 0 atom stereocenters. The van der Waals surface area contributed by atoms with E-state index in [1.54, 1.807) is 24.4 Å². The van der Waals surface area contributed by atoms with Crippen LogP contribution in [-0.4, -0.2) is 9.97 Å². The molecular formula is C22H17IN6. The molecule has 7 heteroatoms. The van der Waals surface area contributed by atoms with E-state index in [0.717, 1.165) is 31.6 Å². The Balaban J connectivity index is 1.86. The normalized spacial score (nSPS) is 10.4. The topological polar surface area (TPSA) is 97.4 Å². The molecule has 0 spiro atoms. The lowest BCUT2D eigenvalue weighted by atomic mass is 10.0. The van der Waals surface area contributed by atoms with Gasteiger partial charge in [0.15, 0.2) is 0 Å². The van der Waals surface area contributed by atoms with Crippen LogP contribution in [-0.2, 0) is 0 Å². The first-order valence-corrected chi connectivity index (χ1v) is 9.82. The first-order chi connectivity index (χ1) is 14.0. The first-order valence-electron chi connectivity index (χ1n) is 8.74. The number of nitriles is 2. The van der Waals surface area contributed by atoms with E-state index in [-0.39, 0.29) is 0 Å². The van der Waals surface area contributed by atoms with E-state index in [1.807, 2.05) is 44.2 Å². The molecule has 0 saturated carbocycles. The third-order valence-electron chi connectivity index (χ3n) is 4.16. The second-order valence-electron chi connectivity index (χ2n) is 6.32. The Morgan fingerprint density at radius 2 is 1.72 bits per heavy atom. The Bertz CT molecular complexity index is 1130. The SMILES string of the molecule is Cc1cc(/C=C/C#N)cc(C)c1Nc1nc(Nc2ccc(C#N)cc2)ncc1I. The molecule has 0 bridgehead atoms. The van der Waals surface area contributed by atoms with Crippen molar-refractivity contribution in [2.24, 2.45) is 0 Å². The average Bonchev–Trinajstić information content (AvgIpc) is 2.72. The highest BCUT2D eigenvalue weighted by molar-refractivity contribution is 14.1. The van der Waals surface area contributed by atoms with Crippen molar-refractivity contribution in [3.63, 3.8) is 0 Å². The third-order valence-corrected chi connectivity index (χ3v) is 4.95. The molecule has 2 aromatic carbocycles. The summed E-state index contributed by atoms with van der Waals surface area (Å²) in [5, 5.41) is 24.2. The van der Waals surface area contributed by atoms with Crippen LogP contribution in [0.1, 0.15) is 22.3 Å². The van der Waals surface area contributed by atoms with Crippen molar-refractivity contribution in [3.05, 3.63) is 74.5 Å². The van der Waals surface area contributed by atoms with E-state index >= 15 is 0 Å². The first kappa shape index (κ1) is 20.3. The Labute approximate surface area is 183 Å². The molecule has 0 fully saturated rings. The average molecular weight is 492 g/mol. The van der Waals surface area contributed by atoms with E-state index < -0.39 is 0 Å². The maximum atomic E-state index is 8.91. The van der Waals surface area contributed by atoms with E-state index in [0.29, 0.717) is 17.3 Å². The molecule has 0 amide bonds. The molecule has 0 aliphatic rings. The van der Waals surface area contributed by atoms with Crippen LogP contribution >= 0.6 is 22.6 Å². The number of rotatable bonds is 5. The van der Waals surface area contributed by atoms with Crippen LogP contribution in [0.5, 0.6) is 0 Å². The van der Waals surface area contributed by atoms with Gasteiger partial charge in [-0.15, -0.1) is 0 Å². The molecule has 1 heterocycles. The number of nitrogens with zero attached hydrogens (tertiary/aromatic N) is 4. The quantitative estimate of drug-likeness (QED) is 0.356. The van der Waals surface area contributed by atoms with Crippen molar-refractivity contribution >= 4 is 51.8 Å². The number of allylic oxidation sites excluding steroid dienone is 1. The van der Waals surface area contributed by atoms with Crippen LogP contribution in [0.3, 0.4) is 0 Å². The zero-order valence-corrected chi connectivity index (χ0v) is 18.0. The molecule has 2 N–H and O–H groups in total. The van der Waals surface area contributed by atoms with Crippen LogP contribution in [0.15, 0.2) is 48.7 Å². The minimum absolute atomic E-state index is 0.460. The second-order valence-corrected chi connectivity index (χ2v) is 7.48. The van der Waals surface area contributed by atoms with Crippen LogP contribution in [0, 0.1) is 40.1 Å². The summed E-state index contributed by atoms with van der Waals surface area (Å²) in [5.74, 6) is 1.16. The summed E-state index contributed by atoms with van der Waals surface area (Å²) in [6.45, 7) is 4.03. The smallest absolute Gasteiger partial charge is 0.229 e. The number of benzene rings is 2. The summed E-state index contributed by atoms with van der Waals surface area (Å²) >= 11 is 2.19. The van der Waals surface area contributed by atoms with Gasteiger partial charge in [-0.1, -0.05) is 0 Å². The summed E-state index contributed by atoms with van der Waals surface area (Å²) in [6, 6.07) is 15.3. The predicted octanol–water partition coefficient (Wildman–Crippen LogP) is 5.59. The van der Waals surface area contributed by atoms with E-state index in [9.17, 15) is 0 Å². The van der Waals surface area contributed by atoms with Crippen LogP contribution in [0.25, 0.3) is 6.08 Å². The highest BCUT2D eigenvalue weighted by Gasteiger charge is 2.10. The van der Waals surface area contributed by atoms with Gasteiger partial charge in [-0.3, -0.25) is 0 Å². The number of aromatic nitrogens is 2. The molecule has 29 heavy (non-hydrogen) atoms. The molecular weight excluding hydrogens is 475 g/mol. The maximum Gasteiger partial charge on any atom is 0.229 e. The Kier molecular flexibility index (Phi) is 6.43. The largest absolute Gasteiger partial charge is 0.339 e. The van der Waals surface area contributed by atoms with Crippen molar-refractivity contribution in [1.82, 2.24) is 9.97 Å². The van der Waals surface area contributed by atoms with E-state index in [4.69, 9.17) is 10.5 Å². The standard InChI is InChI=1S/C22H17IN6/c1-14-10-17(4-3-9-24)11-15(2)20(14)28-21-19(23)13-26-22(29-21)27-18-7-5-16(12-25)6-8-18/h3-8,10-11,13H,1-2H3,(H2,26,27,28,29)/b4-3+. The number of halogens is 1. The molecule has 0 aliphatic carbocycles. The van der Waals surface area contributed by atoms with Gasteiger partial charge in [-0.2, -0.15) is 15.5 Å². The Morgan fingerprint density at radius 3 is 2.34 bits per heavy atom. The molecule has 0 radical (unpaired) electrons. The van der Waals surface area contributed by atoms with Crippen molar-refractivity contribution in [2.75, 3.05) is 10.6 Å². The number of aryl methyl sites for hydroxylation is 2. The molecule has 0 saturated heterocycles. The van der Waals surface area contributed by atoms with Gasteiger partial charge in [0.2, 0.25) is 5.95 Å². The summed E-state index contributed by atoms with van der Waals surface area (Å²) in [5.41, 5.74) is 5.46. The zero-order chi connectivity index (χ0) is 20.8. The van der Waals surface area contributed by atoms with Gasteiger partial charge in [0.05, 0.1) is 21.3 Å². The van der Waals surface area contributed by atoms with Crippen LogP contribution < -0.4 is 10.6 Å². The number of anilines is 4.